The van der Waals surface area contributed by atoms with Crippen LogP contribution >= 0.6 is 0 Å². The number of fused-ring (bicyclic) bond motifs is 1. The lowest BCUT2D eigenvalue weighted by Gasteiger charge is -2.44. The Bertz CT molecular complexity index is 455. The first-order valence-electron chi connectivity index (χ1n) is 7.05. The first-order valence-corrected chi connectivity index (χ1v) is 7.05. The van der Waals surface area contributed by atoms with Crippen molar-refractivity contribution in [1.82, 2.24) is 0 Å². The fraction of sp³-hybridized carbons (Fsp3) is 0.600. The van der Waals surface area contributed by atoms with Crippen LogP contribution in [-0.2, 0) is 25.6 Å². The highest BCUT2D eigenvalue weighted by atomic mass is 19.1. The second kappa shape index (κ2) is 6.37. The van der Waals surface area contributed by atoms with E-state index in [9.17, 15) is 9.50 Å². The van der Waals surface area contributed by atoms with Crippen LogP contribution < -0.4 is 0 Å². The van der Waals surface area contributed by atoms with Gasteiger partial charge in [-0.2, -0.15) is 0 Å². The highest BCUT2D eigenvalue weighted by Gasteiger charge is 2.49. The number of aliphatic hydroxyl groups excluding tert-OH is 1. The van der Waals surface area contributed by atoms with Crippen molar-refractivity contribution in [3.63, 3.8) is 0 Å². The monoisotopic (exact) mass is 298 g/mol. The van der Waals surface area contributed by atoms with E-state index in [2.05, 4.69) is 0 Å². The van der Waals surface area contributed by atoms with Crippen molar-refractivity contribution >= 4 is 0 Å². The minimum atomic E-state index is -1.65. The Hall–Kier alpha value is -1.05. The Morgan fingerprint density at radius 1 is 1.29 bits per heavy atom. The van der Waals surface area contributed by atoms with Crippen molar-refractivity contribution < 1.29 is 28.4 Å². The lowest BCUT2D eigenvalue weighted by atomic mass is 9.99. The summed E-state index contributed by atoms with van der Waals surface area (Å²) in [4.78, 5) is 0. The van der Waals surface area contributed by atoms with Crippen LogP contribution in [-0.4, -0.2) is 48.8 Å². The maximum Gasteiger partial charge on any atom is 0.192 e. The maximum atomic E-state index is 14.2. The van der Waals surface area contributed by atoms with Gasteiger partial charge in [-0.3, -0.25) is 0 Å². The van der Waals surface area contributed by atoms with Gasteiger partial charge in [-0.25, -0.2) is 4.39 Å². The Kier molecular flexibility index (Phi) is 4.51. The van der Waals surface area contributed by atoms with E-state index >= 15 is 0 Å². The van der Waals surface area contributed by atoms with Gasteiger partial charge in [0.05, 0.1) is 13.2 Å². The second-order valence-corrected chi connectivity index (χ2v) is 5.28. The largest absolute Gasteiger partial charge is 0.387 e. The van der Waals surface area contributed by atoms with E-state index in [0.717, 1.165) is 5.56 Å². The van der Waals surface area contributed by atoms with Crippen LogP contribution in [0.4, 0.5) is 4.39 Å². The number of alkyl halides is 1. The zero-order valence-electron chi connectivity index (χ0n) is 11.7. The molecule has 1 unspecified atom stereocenters. The molecule has 0 radical (unpaired) electrons. The third-order valence-electron chi connectivity index (χ3n) is 3.70. The molecule has 0 spiro atoms. The number of hydrogen-bond acceptors (Lipinski definition) is 5. The molecule has 0 amide bonds. The Balaban J connectivity index is 1.61. The van der Waals surface area contributed by atoms with E-state index < -0.39 is 37.1 Å². The summed E-state index contributed by atoms with van der Waals surface area (Å²) >= 11 is 0. The molecule has 1 aromatic rings. The van der Waals surface area contributed by atoms with Gasteiger partial charge in [0.25, 0.3) is 0 Å². The van der Waals surface area contributed by atoms with E-state index in [0.29, 0.717) is 0 Å². The predicted octanol–water partition coefficient (Wildman–Crippen LogP) is 1.39. The summed E-state index contributed by atoms with van der Waals surface area (Å²) in [6, 6.07) is 9.41. The van der Waals surface area contributed by atoms with Crippen LogP contribution in [0.15, 0.2) is 30.3 Å². The highest BCUT2D eigenvalue weighted by molar-refractivity contribution is 5.13. The van der Waals surface area contributed by atoms with Gasteiger partial charge in [0.15, 0.2) is 18.8 Å². The number of aliphatic hydroxyl groups is 1. The number of benzene rings is 1. The molecule has 1 aromatic carbocycles. The first-order chi connectivity index (χ1) is 10.1. The summed E-state index contributed by atoms with van der Waals surface area (Å²) in [7, 11) is 0. The molecular formula is C15H19FO5. The van der Waals surface area contributed by atoms with E-state index in [1.807, 2.05) is 30.3 Å². The Labute approximate surface area is 122 Å². The van der Waals surface area contributed by atoms with Crippen molar-refractivity contribution in [2.45, 2.75) is 50.6 Å². The molecule has 2 saturated heterocycles. The Morgan fingerprint density at radius 3 is 2.81 bits per heavy atom. The van der Waals surface area contributed by atoms with Gasteiger partial charge in [0.1, 0.15) is 18.3 Å². The molecule has 2 aliphatic heterocycles. The second-order valence-electron chi connectivity index (χ2n) is 5.28. The normalized spacial score (nSPS) is 39.8. The first kappa shape index (κ1) is 14.9. The predicted molar refractivity (Wildman–Crippen MR) is 71.1 cm³/mol. The summed E-state index contributed by atoms with van der Waals surface area (Å²) in [5.41, 5.74) is 0.912. The fourth-order valence-electron chi connectivity index (χ4n) is 2.56. The SMILES string of the molecule is CC1OC[C@H]2O[C@H](OCc3ccccc3)[C@@H](F)[C@H](O)[C@@H]2O1. The minimum Gasteiger partial charge on any atom is -0.387 e. The van der Waals surface area contributed by atoms with E-state index in [1.165, 1.54) is 0 Å². The molecule has 21 heavy (non-hydrogen) atoms. The van der Waals surface area contributed by atoms with Crippen molar-refractivity contribution in [3.05, 3.63) is 35.9 Å². The molecule has 3 rings (SSSR count). The van der Waals surface area contributed by atoms with Crippen LogP contribution in [0.5, 0.6) is 0 Å². The van der Waals surface area contributed by atoms with Gasteiger partial charge < -0.3 is 24.1 Å². The standard InChI is InChI=1S/C15H19FO5/c1-9-18-8-11-14(20-9)13(17)12(16)15(21-11)19-7-10-5-3-2-4-6-10/h2-6,9,11-15,17H,7-8H2,1H3/t9?,11-,12+,13+,14-,15+/m1/s1. The van der Waals surface area contributed by atoms with Crippen molar-refractivity contribution in [2.24, 2.45) is 0 Å². The molecule has 0 bridgehead atoms. The molecule has 2 heterocycles. The number of hydrogen-bond donors (Lipinski definition) is 1. The van der Waals surface area contributed by atoms with Crippen LogP contribution in [0.2, 0.25) is 0 Å². The molecular weight excluding hydrogens is 279 g/mol. The summed E-state index contributed by atoms with van der Waals surface area (Å²) in [5, 5.41) is 10.0. The van der Waals surface area contributed by atoms with Gasteiger partial charge in [0.2, 0.25) is 0 Å². The van der Waals surface area contributed by atoms with E-state index in [-0.39, 0.29) is 13.2 Å². The third-order valence-corrected chi connectivity index (χ3v) is 3.70. The molecule has 6 atom stereocenters. The topological polar surface area (TPSA) is 57.2 Å². The molecule has 5 nitrogen and oxygen atoms in total. The minimum absolute atomic E-state index is 0.216. The number of ether oxygens (including phenoxy) is 4. The lowest BCUT2D eigenvalue weighted by Crippen LogP contribution is -2.61. The molecule has 2 aliphatic rings. The van der Waals surface area contributed by atoms with Crippen LogP contribution in [0, 0.1) is 0 Å². The number of rotatable bonds is 3. The van der Waals surface area contributed by atoms with Gasteiger partial charge in [-0.05, 0) is 12.5 Å². The van der Waals surface area contributed by atoms with Gasteiger partial charge >= 0.3 is 0 Å². The summed E-state index contributed by atoms with van der Waals surface area (Å²) in [6.07, 6.45) is -5.78. The van der Waals surface area contributed by atoms with Crippen LogP contribution in [0.3, 0.4) is 0 Å². The fourth-order valence-corrected chi connectivity index (χ4v) is 2.56. The molecule has 1 N–H and O–H groups in total. The van der Waals surface area contributed by atoms with Gasteiger partial charge in [0, 0.05) is 0 Å². The Morgan fingerprint density at radius 2 is 2.05 bits per heavy atom. The van der Waals surface area contributed by atoms with E-state index in [4.69, 9.17) is 18.9 Å². The zero-order chi connectivity index (χ0) is 14.8. The molecule has 116 valence electrons. The summed E-state index contributed by atoms with van der Waals surface area (Å²) in [6.45, 7) is 2.17. The molecule has 6 heteroatoms. The average Bonchev–Trinajstić information content (AvgIpc) is 2.51. The van der Waals surface area contributed by atoms with Crippen molar-refractivity contribution in [1.29, 1.82) is 0 Å². The quantitative estimate of drug-likeness (QED) is 0.914. The molecule has 0 aliphatic carbocycles. The van der Waals surface area contributed by atoms with E-state index in [1.54, 1.807) is 6.92 Å². The van der Waals surface area contributed by atoms with Crippen LogP contribution in [0.1, 0.15) is 12.5 Å². The number of halogens is 1. The smallest absolute Gasteiger partial charge is 0.192 e. The average molecular weight is 298 g/mol. The molecule has 0 aromatic heterocycles. The third kappa shape index (κ3) is 3.25. The maximum absolute atomic E-state index is 14.2. The van der Waals surface area contributed by atoms with Crippen LogP contribution in [0.25, 0.3) is 0 Å². The van der Waals surface area contributed by atoms with Gasteiger partial charge in [-0.1, -0.05) is 30.3 Å². The molecule has 0 saturated carbocycles. The van der Waals surface area contributed by atoms with Crippen molar-refractivity contribution in [3.8, 4) is 0 Å². The van der Waals surface area contributed by atoms with Crippen molar-refractivity contribution in [2.75, 3.05) is 6.61 Å². The van der Waals surface area contributed by atoms with Gasteiger partial charge in [-0.15, -0.1) is 0 Å². The summed E-state index contributed by atoms with van der Waals surface area (Å²) < 4.78 is 35.9. The highest BCUT2D eigenvalue weighted by Crippen LogP contribution is 2.30. The molecule has 2 fully saturated rings. The lowest BCUT2D eigenvalue weighted by molar-refractivity contribution is -0.349. The summed E-state index contributed by atoms with van der Waals surface area (Å²) in [5.74, 6) is 0. The zero-order valence-corrected chi connectivity index (χ0v) is 11.7.